The van der Waals surface area contributed by atoms with Crippen LogP contribution in [0.25, 0.3) is 0 Å². The minimum Gasteiger partial charge on any atom is -0.355 e. The lowest BCUT2D eigenvalue weighted by Gasteiger charge is -2.32. The van der Waals surface area contributed by atoms with Crippen molar-refractivity contribution in [3.05, 3.63) is 101 Å². The standard InChI is InChI=1S/C35H43N3O2/c1-25-7-13-29(14-8-25)34(30-15-9-26(2)10-16-30)35(40)36-19-4-20-38-21-17-28(18-22-38)31-5-3-6-32(24-31)37-33(39)23-27-11-12-27/h3,5-10,13-16,24,27-28,34H,4,11-12,17-23H2,1-2H3,(H,36,40)(H,37,39). The van der Waals surface area contributed by atoms with Gasteiger partial charge < -0.3 is 15.5 Å². The van der Waals surface area contributed by atoms with Crippen molar-refractivity contribution in [3.8, 4) is 0 Å². The third kappa shape index (κ3) is 7.82. The predicted octanol–water partition coefficient (Wildman–Crippen LogP) is 6.56. The van der Waals surface area contributed by atoms with Gasteiger partial charge in [0.05, 0.1) is 5.92 Å². The Balaban J connectivity index is 1.07. The van der Waals surface area contributed by atoms with Crippen molar-refractivity contribution in [1.82, 2.24) is 10.2 Å². The van der Waals surface area contributed by atoms with Crippen LogP contribution in [0.1, 0.15) is 78.2 Å². The largest absolute Gasteiger partial charge is 0.355 e. The van der Waals surface area contributed by atoms with Gasteiger partial charge in [-0.2, -0.15) is 0 Å². The first-order valence-electron chi connectivity index (χ1n) is 15.0. The highest BCUT2D eigenvalue weighted by Gasteiger charge is 2.25. The molecule has 0 spiro atoms. The molecule has 0 radical (unpaired) electrons. The van der Waals surface area contributed by atoms with Crippen molar-refractivity contribution in [1.29, 1.82) is 0 Å². The van der Waals surface area contributed by atoms with Gasteiger partial charge in [0.25, 0.3) is 0 Å². The van der Waals surface area contributed by atoms with E-state index in [1.165, 1.54) is 29.5 Å². The normalized spacial score (nSPS) is 16.2. The lowest BCUT2D eigenvalue weighted by Crippen LogP contribution is -2.36. The van der Waals surface area contributed by atoms with Crippen LogP contribution in [0.4, 0.5) is 5.69 Å². The van der Waals surface area contributed by atoms with Crippen LogP contribution in [0, 0.1) is 19.8 Å². The average Bonchev–Trinajstić information content (AvgIpc) is 3.78. The number of benzene rings is 3. The highest BCUT2D eigenvalue weighted by molar-refractivity contribution is 5.91. The summed E-state index contributed by atoms with van der Waals surface area (Å²) in [6.45, 7) is 7.93. The molecule has 2 amide bonds. The number of piperidine rings is 1. The summed E-state index contributed by atoms with van der Waals surface area (Å²) in [6, 6.07) is 25.0. The topological polar surface area (TPSA) is 61.4 Å². The van der Waals surface area contributed by atoms with E-state index in [1.54, 1.807) is 0 Å². The molecule has 2 fully saturated rings. The molecule has 2 aliphatic rings. The number of nitrogens with zero attached hydrogens (tertiary/aromatic N) is 1. The fourth-order valence-corrected chi connectivity index (χ4v) is 5.79. The summed E-state index contributed by atoms with van der Waals surface area (Å²) in [5.41, 5.74) is 6.70. The molecule has 0 unspecified atom stereocenters. The molecule has 0 atom stereocenters. The molecule has 5 nitrogen and oxygen atoms in total. The highest BCUT2D eigenvalue weighted by atomic mass is 16.2. The van der Waals surface area contributed by atoms with E-state index >= 15 is 0 Å². The van der Waals surface area contributed by atoms with Crippen molar-refractivity contribution in [3.63, 3.8) is 0 Å². The average molecular weight is 538 g/mol. The van der Waals surface area contributed by atoms with Crippen molar-refractivity contribution in [2.45, 2.75) is 64.2 Å². The van der Waals surface area contributed by atoms with Crippen LogP contribution < -0.4 is 10.6 Å². The van der Waals surface area contributed by atoms with Gasteiger partial charge in [0.15, 0.2) is 0 Å². The Labute approximate surface area is 239 Å². The van der Waals surface area contributed by atoms with Crippen LogP contribution in [-0.4, -0.2) is 42.9 Å². The van der Waals surface area contributed by atoms with E-state index in [4.69, 9.17) is 0 Å². The Hall–Kier alpha value is -3.44. The van der Waals surface area contributed by atoms with E-state index in [1.807, 2.05) is 6.07 Å². The minimum atomic E-state index is -0.300. The number of carbonyl (C=O) groups excluding carboxylic acids is 2. The Morgan fingerprint density at radius 1 is 0.850 bits per heavy atom. The molecule has 1 aliphatic heterocycles. The van der Waals surface area contributed by atoms with E-state index < -0.39 is 0 Å². The van der Waals surface area contributed by atoms with Crippen molar-refractivity contribution in [2.75, 3.05) is 31.5 Å². The second-order valence-corrected chi connectivity index (χ2v) is 11.8. The summed E-state index contributed by atoms with van der Waals surface area (Å²) in [7, 11) is 0. The Kier molecular flexibility index (Phi) is 9.33. The first kappa shape index (κ1) is 28.1. The van der Waals surface area contributed by atoms with Gasteiger partial charge in [-0.25, -0.2) is 0 Å². The number of hydrogen-bond donors (Lipinski definition) is 2. The van der Waals surface area contributed by atoms with Gasteiger partial charge in [0, 0.05) is 18.7 Å². The quantitative estimate of drug-likeness (QED) is 0.272. The van der Waals surface area contributed by atoms with Crippen LogP contribution in [0.5, 0.6) is 0 Å². The van der Waals surface area contributed by atoms with E-state index in [-0.39, 0.29) is 17.7 Å². The van der Waals surface area contributed by atoms with Gasteiger partial charge in [-0.15, -0.1) is 0 Å². The second kappa shape index (κ2) is 13.3. The fourth-order valence-electron chi connectivity index (χ4n) is 5.79. The molecule has 0 bridgehead atoms. The minimum absolute atomic E-state index is 0.0653. The number of hydrogen-bond acceptors (Lipinski definition) is 3. The second-order valence-electron chi connectivity index (χ2n) is 11.8. The van der Waals surface area contributed by atoms with E-state index in [2.05, 4.69) is 96.1 Å². The molecule has 3 aromatic rings. The first-order chi connectivity index (χ1) is 19.4. The summed E-state index contributed by atoms with van der Waals surface area (Å²) >= 11 is 0. The molecule has 1 aliphatic carbocycles. The number of amides is 2. The lowest BCUT2D eigenvalue weighted by atomic mass is 9.89. The molecule has 5 rings (SSSR count). The highest BCUT2D eigenvalue weighted by Crippen LogP contribution is 2.33. The van der Waals surface area contributed by atoms with Crippen molar-refractivity contribution < 1.29 is 9.59 Å². The maximum Gasteiger partial charge on any atom is 0.232 e. The monoisotopic (exact) mass is 537 g/mol. The van der Waals surface area contributed by atoms with Crippen LogP contribution in [-0.2, 0) is 9.59 Å². The van der Waals surface area contributed by atoms with Gasteiger partial charge in [0.1, 0.15) is 0 Å². The number of anilines is 1. The number of likely N-dealkylation sites (tertiary alicyclic amines) is 1. The van der Waals surface area contributed by atoms with Crippen molar-refractivity contribution >= 4 is 17.5 Å². The predicted molar refractivity (Wildman–Crippen MR) is 163 cm³/mol. The number of rotatable bonds is 11. The zero-order chi connectivity index (χ0) is 27.9. The van der Waals surface area contributed by atoms with E-state index in [9.17, 15) is 9.59 Å². The van der Waals surface area contributed by atoms with E-state index in [0.717, 1.165) is 55.7 Å². The van der Waals surface area contributed by atoms with Gasteiger partial charge in [-0.3, -0.25) is 9.59 Å². The van der Waals surface area contributed by atoms with Crippen molar-refractivity contribution in [2.24, 2.45) is 5.92 Å². The Morgan fingerprint density at radius 2 is 1.48 bits per heavy atom. The zero-order valence-corrected chi connectivity index (χ0v) is 24.0. The SMILES string of the molecule is Cc1ccc(C(C(=O)NCCCN2CCC(c3cccc(NC(=O)CC4CC4)c3)CC2)c2ccc(C)cc2)cc1. The third-order valence-electron chi connectivity index (χ3n) is 8.43. The first-order valence-corrected chi connectivity index (χ1v) is 15.0. The maximum absolute atomic E-state index is 13.4. The van der Waals surface area contributed by atoms with Gasteiger partial charge in [-0.05, 0) is 106 Å². The van der Waals surface area contributed by atoms with Gasteiger partial charge >= 0.3 is 0 Å². The molecule has 5 heteroatoms. The molecular weight excluding hydrogens is 494 g/mol. The molecule has 2 N–H and O–H groups in total. The Morgan fingerprint density at radius 3 is 2.08 bits per heavy atom. The van der Waals surface area contributed by atoms with Crippen LogP contribution >= 0.6 is 0 Å². The number of nitrogens with one attached hydrogen (secondary N) is 2. The molecule has 3 aromatic carbocycles. The number of aryl methyl sites for hydroxylation is 2. The summed E-state index contributed by atoms with van der Waals surface area (Å²) in [5, 5.41) is 6.31. The molecule has 40 heavy (non-hydrogen) atoms. The fraction of sp³-hybridized carbons (Fsp3) is 0.429. The smallest absolute Gasteiger partial charge is 0.232 e. The van der Waals surface area contributed by atoms with Gasteiger partial charge in [-0.1, -0.05) is 71.8 Å². The Bertz CT molecular complexity index is 1230. The zero-order valence-electron chi connectivity index (χ0n) is 24.0. The summed E-state index contributed by atoms with van der Waals surface area (Å²) in [5.74, 6) is 1.04. The van der Waals surface area contributed by atoms with E-state index in [0.29, 0.717) is 24.8 Å². The summed E-state index contributed by atoms with van der Waals surface area (Å²) in [6.07, 6.45) is 6.22. The third-order valence-corrected chi connectivity index (χ3v) is 8.43. The summed E-state index contributed by atoms with van der Waals surface area (Å²) in [4.78, 5) is 28.1. The lowest BCUT2D eigenvalue weighted by molar-refractivity contribution is -0.121. The van der Waals surface area contributed by atoms with Crippen LogP contribution in [0.3, 0.4) is 0 Å². The van der Waals surface area contributed by atoms with Crippen LogP contribution in [0.15, 0.2) is 72.8 Å². The number of carbonyl (C=O) groups is 2. The molecule has 1 saturated carbocycles. The molecular formula is C35H43N3O2. The van der Waals surface area contributed by atoms with Crippen LogP contribution in [0.2, 0.25) is 0 Å². The maximum atomic E-state index is 13.4. The van der Waals surface area contributed by atoms with Gasteiger partial charge in [0.2, 0.25) is 11.8 Å². The molecule has 1 saturated heterocycles. The molecule has 0 aromatic heterocycles. The molecule has 1 heterocycles. The molecule has 210 valence electrons. The summed E-state index contributed by atoms with van der Waals surface area (Å²) < 4.78 is 0.